The molecule has 0 aliphatic rings. The van der Waals surface area contributed by atoms with Crippen molar-refractivity contribution in [2.24, 2.45) is 0 Å². The van der Waals surface area contributed by atoms with E-state index in [0.29, 0.717) is 22.2 Å². The second kappa shape index (κ2) is 5.71. The summed E-state index contributed by atoms with van der Waals surface area (Å²) in [6.07, 6.45) is 0. The summed E-state index contributed by atoms with van der Waals surface area (Å²) in [5.41, 5.74) is 3.12. The van der Waals surface area contributed by atoms with Crippen molar-refractivity contribution in [1.29, 1.82) is 0 Å². The van der Waals surface area contributed by atoms with Crippen LogP contribution < -0.4 is 10.8 Å². The summed E-state index contributed by atoms with van der Waals surface area (Å²) < 4.78 is 5.28. The molecule has 0 spiro atoms. The third kappa shape index (κ3) is 2.68. The quantitative estimate of drug-likeness (QED) is 0.512. The Bertz CT molecular complexity index is 840. The highest BCUT2D eigenvalue weighted by Crippen LogP contribution is 2.23. The first-order valence-electron chi connectivity index (χ1n) is 6.52. The summed E-state index contributed by atoms with van der Waals surface area (Å²) >= 11 is 0. The predicted molar refractivity (Wildman–Crippen MR) is 79.9 cm³/mol. The van der Waals surface area contributed by atoms with E-state index < -0.39 is 5.91 Å². The van der Waals surface area contributed by atoms with E-state index in [-0.39, 0.29) is 11.7 Å². The molecule has 0 bridgehead atoms. The van der Waals surface area contributed by atoms with Gasteiger partial charge in [-0.25, -0.2) is 5.48 Å². The van der Waals surface area contributed by atoms with Crippen molar-refractivity contribution in [3.8, 4) is 0 Å². The first-order chi connectivity index (χ1) is 10.7. The Kier molecular flexibility index (Phi) is 3.59. The largest absolute Gasteiger partial charge is 0.451 e. The van der Waals surface area contributed by atoms with Crippen molar-refractivity contribution in [2.45, 2.75) is 0 Å². The minimum absolute atomic E-state index is 0.0102. The van der Waals surface area contributed by atoms with Gasteiger partial charge in [0.25, 0.3) is 5.91 Å². The number of hydrogen-bond donors (Lipinski definition) is 3. The number of fused-ring (bicyclic) bond motifs is 1. The van der Waals surface area contributed by atoms with E-state index in [1.165, 1.54) is 11.5 Å². The Morgan fingerprint density at radius 3 is 2.45 bits per heavy atom. The highest BCUT2D eigenvalue weighted by molar-refractivity contribution is 6.05. The summed E-state index contributed by atoms with van der Waals surface area (Å²) in [6.45, 7) is 0. The lowest BCUT2D eigenvalue weighted by atomic mass is 10.2. The van der Waals surface area contributed by atoms with Crippen LogP contribution in [0, 0.1) is 0 Å². The standard InChI is InChI=1S/C16H12N2O4/c19-15(10-4-2-1-3-5-10)17-12-6-7-13-11(8-12)9-14(22-13)16(20)18-21/h1-9,21H,(H,17,19)(H,18,20). The van der Waals surface area contributed by atoms with Crippen molar-refractivity contribution in [1.82, 2.24) is 5.48 Å². The van der Waals surface area contributed by atoms with E-state index in [9.17, 15) is 9.59 Å². The summed E-state index contributed by atoms with van der Waals surface area (Å²) in [5.74, 6) is -0.966. The summed E-state index contributed by atoms with van der Waals surface area (Å²) in [7, 11) is 0. The molecule has 2 amide bonds. The van der Waals surface area contributed by atoms with Crippen molar-refractivity contribution in [2.75, 3.05) is 5.32 Å². The number of hydrogen-bond acceptors (Lipinski definition) is 4. The molecule has 0 radical (unpaired) electrons. The number of amides is 2. The third-order valence-corrected chi connectivity index (χ3v) is 3.14. The van der Waals surface area contributed by atoms with Gasteiger partial charge in [-0.2, -0.15) is 0 Å². The van der Waals surface area contributed by atoms with Gasteiger partial charge in [-0.05, 0) is 36.4 Å². The van der Waals surface area contributed by atoms with Crippen LogP contribution in [0.3, 0.4) is 0 Å². The van der Waals surface area contributed by atoms with E-state index >= 15 is 0 Å². The molecule has 0 aliphatic heterocycles. The lowest BCUT2D eigenvalue weighted by Crippen LogP contribution is -2.17. The Morgan fingerprint density at radius 1 is 0.955 bits per heavy atom. The van der Waals surface area contributed by atoms with E-state index in [0.717, 1.165) is 0 Å². The third-order valence-electron chi connectivity index (χ3n) is 3.14. The van der Waals surface area contributed by atoms with Crippen molar-refractivity contribution < 1.29 is 19.2 Å². The molecule has 0 atom stereocenters. The maximum Gasteiger partial charge on any atom is 0.310 e. The van der Waals surface area contributed by atoms with Crippen LogP contribution in [0.2, 0.25) is 0 Å². The zero-order chi connectivity index (χ0) is 15.5. The van der Waals surface area contributed by atoms with Crippen molar-refractivity contribution in [3.05, 3.63) is 65.9 Å². The molecule has 3 N–H and O–H groups in total. The normalized spacial score (nSPS) is 10.4. The Hall–Kier alpha value is -3.12. The number of furan rings is 1. The van der Waals surface area contributed by atoms with Crippen LogP contribution in [-0.4, -0.2) is 17.0 Å². The van der Waals surface area contributed by atoms with E-state index in [1.54, 1.807) is 42.5 Å². The van der Waals surface area contributed by atoms with Gasteiger partial charge in [0.1, 0.15) is 5.58 Å². The zero-order valence-corrected chi connectivity index (χ0v) is 11.4. The molecule has 3 aromatic rings. The molecule has 6 heteroatoms. The van der Waals surface area contributed by atoms with Crippen LogP contribution in [0.25, 0.3) is 11.0 Å². The van der Waals surface area contributed by atoms with Gasteiger partial charge >= 0.3 is 5.91 Å². The second-order valence-electron chi connectivity index (χ2n) is 4.62. The minimum Gasteiger partial charge on any atom is -0.451 e. The number of rotatable bonds is 3. The molecule has 110 valence electrons. The number of nitrogens with one attached hydrogen (secondary N) is 2. The maximum atomic E-state index is 12.1. The lowest BCUT2D eigenvalue weighted by molar-refractivity contribution is 0.0678. The fourth-order valence-corrected chi connectivity index (χ4v) is 2.08. The van der Waals surface area contributed by atoms with Gasteiger partial charge in [0, 0.05) is 16.6 Å². The highest BCUT2D eigenvalue weighted by atomic mass is 16.5. The number of hydroxylamine groups is 1. The average molecular weight is 296 g/mol. The smallest absolute Gasteiger partial charge is 0.310 e. The van der Waals surface area contributed by atoms with E-state index in [4.69, 9.17) is 9.62 Å². The van der Waals surface area contributed by atoms with Crippen LogP contribution in [0.4, 0.5) is 5.69 Å². The number of carbonyl (C=O) groups excluding carboxylic acids is 2. The maximum absolute atomic E-state index is 12.1. The molecule has 6 nitrogen and oxygen atoms in total. The van der Waals surface area contributed by atoms with Gasteiger partial charge < -0.3 is 9.73 Å². The van der Waals surface area contributed by atoms with Crippen molar-refractivity contribution in [3.63, 3.8) is 0 Å². The molecule has 22 heavy (non-hydrogen) atoms. The van der Waals surface area contributed by atoms with Gasteiger partial charge in [-0.1, -0.05) is 18.2 Å². The topological polar surface area (TPSA) is 91.6 Å². The first kappa shape index (κ1) is 13.8. The molecule has 0 unspecified atom stereocenters. The second-order valence-corrected chi connectivity index (χ2v) is 4.62. The minimum atomic E-state index is -0.730. The highest BCUT2D eigenvalue weighted by Gasteiger charge is 2.12. The number of anilines is 1. The number of carbonyl (C=O) groups is 2. The van der Waals surface area contributed by atoms with E-state index in [2.05, 4.69) is 5.32 Å². The van der Waals surface area contributed by atoms with Crippen LogP contribution in [0.5, 0.6) is 0 Å². The van der Waals surface area contributed by atoms with Crippen LogP contribution >= 0.6 is 0 Å². The van der Waals surface area contributed by atoms with Crippen LogP contribution in [-0.2, 0) is 0 Å². The fourth-order valence-electron chi connectivity index (χ4n) is 2.08. The van der Waals surface area contributed by atoms with Gasteiger partial charge in [0.05, 0.1) is 0 Å². The molecule has 1 heterocycles. The Balaban J connectivity index is 1.86. The average Bonchev–Trinajstić information content (AvgIpc) is 2.98. The summed E-state index contributed by atoms with van der Waals surface area (Å²) in [5, 5.41) is 12.0. The molecular formula is C16H12N2O4. The van der Waals surface area contributed by atoms with Crippen LogP contribution in [0.1, 0.15) is 20.9 Å². The first-order valence-corrected chi connectivity index (χ1v) is 6.52. The zero-order valence-electron chi connectivity index (χ0n) is 11.4. The molecule has 1 aromatic heterocycles. The molecule has 0 saturated carbocycles. The summed E-state index contributed by atoms with van der Waals surface area (Å²) in [6, 6.07) is 15.3. The lowest BCUT2D eigenvalue weighted by Gasteiger charge is -2.04. The van der Waals surface area contributed by atoms with Gasteiger partial charge in [-0.3, -0.25) is 14.8 Å². The predicted octanol–water partition coefficient (Wildman–Crippen LogP) is 2.80. The van der Waals surface area contributed by atoms with Gasteiger partial charge in [0.15, 0.2) is 5.76 Å². The van der Waals surface area contributed by atoms with Gasteiger partial charge in [-0.15, -0.1) is 0 Å². The molecule has 3 rings (SSSR count). The number of benzene rings is 2. The molecule has 0 aliphatic carbocycles. The molecule has 2 aromatic carbocycles. The van der Waals surface area contributed by atoms with Gasteiger partial charge in [0.2, 0.25) is 0 Å². The van der Waals surface area contributed by atoms with Crippen molar-refractivity contribution >= 4 is 28.5 Å². The van der Waals surface area contributed by atoms with Crippen LogP contribution in [0.15, 0.2) is 59.0 Å². The fraction of sp³-hybridized carbons (Fsp3) is 0. The molecule has 0 fully saturated rings. The summed E-state index contributed by atoms with van der Waals surface area (Å²) in [4.78, 5) is 23.4. The molecular weight excluding hydrogens is 284 g/mol. The Labute approximate surface area is 125 Å². The van der Waals surface area contributed by atoms with E-state index in [1.807, 2.05) is 6.07 Å². The SMILES string of the molecule is O=C(Nc1ccc2oc(C(=O)NO)cc2c1)c1ccccc1. The molecule has 0 saturated heterocycles. The Morgan fingerprint density at radius 2 is 1.73 bits per heavy atom. The monoisotopic (exact) mass is 296 g/mol.